The van der Waals surface area contributed by atoms with Crippen molar-refractivity contribution in [2.24, 2.45) is 5.73 Å². The van der Waals surface area contributed by atoms with Gasteiger partial charge in [0.25, 0.3) is 0 Å². The minimum absolute atomic E-state index is 0.464. The third kappa shape index (κ3) is 2.61. The molecule has 0 spiro atoms. The van der Waals surface area contributed by atoms with E-state index in [1.807, 2.05) is 6.92 Å². The fourth-order valence-electron chi connectivity index (χ4n) is 1.51. The molecular formula is C11H16N2O2S. The summed E-state index contributed by atoms with van der Waals surface area (Å²) in [6, 6.07) is 5.10. The molecule has 1 aromatic carbocycles. The SMILES string of the molecule is CCC(C(N)=O)S(=O)c1ccc(N)cc1C. The Balaban J connectivity index is 3.09. The summed E-state index contributed by atoms with van der Waals surface area (Å²) in [7, 11) is -1.40. The van der Waals surface area contributed by atoms with Crippen molar-refractivity contribution >= 4 is 22.4 Å². The number of anilines is 1. The summed E-state index contributed by atoms with van der Waals surface area (Å²) in [4.78, 5) is 11.8. The van der Waals surface area contributed by atoms with Gasteiger partial charge >= 0.3 is 0 Å². The smallest absolute Gasteiger partial charge is 0.233 e. The van der Waals surface area contributed by atoms with Gasteiger partial charge in [0.1, 0.15) is 5.25 Å². The Bertz CT molecular complexity index is 432. The molecule has 88 valence electrons. The first-order chi connectivity index (χ1) is 7.47. The number of rotatable bonds is 4. The second-order valence-corrected chi connectivity index (χ2v) is 5.23. The van der Waals surface area contributed by atoms with Crippen LogP contribution in [0.1, 0.15) is 18.9 Å². The monoisotopic (exact) mass is 240 g/mol. The quantitative estimate of drug-likeness (QED) is 0.768. The molecule has 0 aliphatic rings. The topological polar surface area (TPSA) is 86.2 Å². The van der Waals surface area contributed by atoms with Crippen LogP contribution in [0.4, 0.5) is 5.69 Å². The fourth-order valence-corrected chi connectivity index (χ4v) is 2.91. The van der Waals surface area contributed by atoms with Crippen LogP contribution in [0.5, 0.6) is 0 Å². The van der Waals surface area contributed by atoms with Gasteiger partial charge in [-0.3, -0.25) is 9.00 Å². The molecule has 5 heteroatoms. The highest BCUT2D eigenvalue weighted by atomic mass is 32.2. The van der Waals surface area contributed by atoms with Crippen LogP contribution in [-0.4, -0.2) is 15.4 Å². The van der Waals surface area contributed by atoms with Gasteiger partial charge in [-0.1, -0.05) is 6.92 Å². The molecular weight excluding hydrogens is 224 g/mol. The summed E-state index contributed by atoms with van der Waals surface area (Å²) < 4.78 is 12.1. The predicted octanol–water partition coefficient (Wildman–Crippen LogP) is 0.949. The number of hydrogen-bond acceptors (Lipinski definition) is 3. The second-order valence-electron chi connectivity index (χ2n) is 3.62. The first-order valence-corrected chi connectivity index (χ1v) is 6.24. The number of benzene rings is 1. The van der Waals surface area contributed by atoms with E-state index in [-0.39, 0.29) is 0 Å². The summed E-state index contributed by atoms with van der Waals surface area (Å²) in [5.41, 5.74) is 12.2. The molecule has 4 N–H and O–H groups in total. The Kier molecular flexibility index (Phi) is 4.06. The molecule has 0 fully saturated rings. The zero-order valence-electron chi connectivity index (χ0n) is 9.40. The number of hydrogen-bond donors (Lipinski definition) is 2. The minimum Gasteiger partial charge on any atom is -0.399 e. The predicted molar refractivity (Wildman–Crippen MR) is 65.3 cm³/mol. The Morgan fingerprint density at radius 3 is 2.56 bits per heavy atom. The van der Waals surface area contributed by atoms with Crippen LogP contribution in [0.2, 0.25) is 0 Å². The molecule has 0 saturated heterocycles. The number of nitrogen functional groups attached to an aromatic ring is 1. The lowest BCUT2D eigenvalue weighted by Gasteiger charge is -2.12. The van der Waals surface area contributed by atoms with Crippen LogP contribution in [0.3, 0.4) is 0 Å². The number of aryl methyl sites for hydroxylation is 1. The molecule has 2 unspecified atom stereocenters. The van der Waals surface area contributed by atoms with Crippen molar-refractivity contribution in [3.8, 4) is 0 Å². The lowest BCUT2D eigenvalue weighted by molar-refractivity contribution is -0.117. The van der Waals surface area contributed by atoms with Crippen molar-refractivity contribution in [2.75, 3.05) is 5.73 Å². The summed E-state index contributed by atoms with van der Waals surface area (Å²) in [6.45, 7) is 3.61. The van der Waals surface area contributed by atoms with E-state index in [0.29, 0.717) is 17.0 Å². The van der Waals surface area contributed by atoms with Crippen molar-refractivity contribution in [2.45, 2.75) is 30.4 Å². The maximum Gasteiger partial charge on any atom is 0.233 e. The average Bonchev–Trinajstić information content (AvgIpc) is 2.17. The normalized spacial score (nSPS) is 14.4. The van der Waals surface area contributed by atoms with Gasteiger partial charge in [-0.25, -0.2) is 0 Å². The third-order valence-electron chi connectivity index (χ3n) is 2.36. The van der Waals surface area contributed by atoms with Crippen LogP contribution in [0.25, 0.3) is 0 Å². The Morgan fingerprint density at radius 2 is 2.12 bits per heavy atom. The largest absolute Gasteiger partial charge is 0.399 e. The second kappa shape index (κ2) is 5.12. The van der Waals surface area contributed by atoms with Crippen molar-refractivity contribution < 1.29 is 9.00 Å². The van der Waals surface area contributed by atoms with Gasteiger partial charge in [-0.05, 0) is 37.1 Å². The average molecular weight is 240 g/mol. The molecule has 2 atom stereocenters. The molecule has 0 saturated carbocycles. The standard InChI is InChI=1S/C11H16N2O2S/c1-3-9(11(13)14)16(15)10-5-4-8(12)6-7(10)2/h4-6,9H,3,12H2,1-2H3,(H2,13,14). The minimum atomic E-state index is -1.40. The van der Waals surface area contributed by atoms with E-state index in [1.54, 1.807) is 25.1 Å². The Morgan fingerprint density at radius 1 is 1.50 bits per heavy atom. The van der Waals surface area contributed by atoms with E-state index in [4.69, 9.17) is 11.5 Å². The van der Waals surface area contributed by atoms with Gasteiger partial charge in [0.05, 0.1) is 10.8 Å². The zero-order chi connectivity index (χ0) is 12.3. The molecule has 0 bridgehead atoms. The van der Waals surface area contributed by atoms with Crippen molar-refractivity contribution in [1.29, 1.82) is 0 Å². The molecule has 16 heavy (non-hydrogen) atoms. The summed E-state index contributed by atoms with van der Waals surface area (Å²) in [5.74, 6) is -0.531. The lowest BCUT2D eigenvalue weighted by atomic mass is 10.2. The van der Waals surface area contributed by atoms with Gasteiger partial charge in [0.15, 0.2) is 0 Å². The van der Waals surface area contributed by atoms with E-state index in [1.165, 1.54) is 0 Å². The zero-order valence-corrected chi connectivity index (χ0v) is 10.2. The van der Waals surface area contributed by atoms with Crippen molar-refractivity contribution in [3.05, 3.63) is 23.8 Å². The van der Waals surface area contributed by atoms with E-state index >= 15 is 0 Å². The van der Waals surface area contributed by atoms with Crippen LogP contribution >= 0.6 is 0 Å². The van der Waals surface area contributed by atoms with Crippen LogP contribution < -0.4 is 11.5 Å². The first-order valence-electron chi connectivity index (χ1n) is 5.03. The number of carbonyl (C=O) groups is 1. The molecule has 1 rings (SSSR count). The van der Waals surface area contributed by atoms with Crippen LogP contribution in [0.15, 0.2) is 23.1 Å². The molecule has 0 radical (unpaired) electrons. The molecule has 0 heterocycles. The fraction of sp³-hybridized carbons (Fsp3) is 0.364. The molecule has 0 aromatic heterocycles. The van der Waals surface area contributed by atoms with E-state index in [2.05, 4.69) is 0 Å². The van der Waals surface area contributed by atoms with Gasteiger partial charge in [0.2, 0.25) is 5.91 Å². The number of nitrogens with two attached hydrogens (primary N) is 2. The van der Waals surface area contributed by atoms with E-state index in [0.717, 1.165) is 5.56 Å². The summed E-state index contributed by atoms with van der Waals surface area (Å²) >= 11 is 0. The summed E-state index contributed by atoms with van der Waals surface area (Å²) in [6.07, 6.45) is 0.464. The highest BCUT2D eigenvalue weighted by molar-refractivity contribution is 7.86. The molecule has 1 aromatic rings. The highest BCUT2D eigenvalue weighted by Crippen LogP contribution is 2.20. The van der Waals surface area contributed by atoms with Crippen LogP contribution in [-0.2, 0) is 15.6 Å². The molecule has 4 nitrogen and oxygen atoms in total. The van der Waals surface area contributed by atoms with Crippen molar-refractivity contribution in [3.63, 3.8) is 0 Å². The maximum atomic E-state index is 12.1. The maximum absolute atomic E-state index is 12.1. The van der Waals surface area contributed by atoms with Gasteiger partial charge in [0, 0.05) is 10.6 Å². The Hall–Kier alpha value is -1.36. The van der Waals surface area contributed by atoms with Gasteiger partial charge in [-0.15, -0.1) is 0 Å². The summed E-state index contributed by atoms with van der Waals surface area (Å²) in [5, 5.41) is -0.637. The molecule has 0 aliphatic heterocycles. The van der Waals surface area contributed by atoms with E-state index in [9.17, 15) is 9.00 Å². The highest BCUT2D eigenvalue weighted by Gasteiger charge is 2.23. The van der Waals surface area contributed by atoms with E-state index < -0.39 is 22.0 Å². The first kappa shape index (κ1) is 12.7. The number of primary amides is 1. The van der Waals surface area contributed by atoms with Gasteiger partial charge < -0.3 is 11.5 Å². The lowest BCUT2D eigenvalue weighted by Crippen LogP contribution is -2.32. The van der Waals surface area contributed by atoms with Gasteiger partial charge in [-0.2, -0.15) is 0 Å². The molecule has 0 aliphatic carbocycles. The number of amides is 1. The Labute approximate surface area is 97.5 Å². The third-order valence-corrected chi connectivity index (χ3v) is 4.34. The molecule has 1 amide bonds. The number of carbonyl (C=O) groups excluding carboxylic acids is 1. The van der Waals surface area contributed by atoms with Crippen LogP contribution in [0, 0.1) is 6.92 Å². The van der Waals surface area contributed by atoms with Crippen molar-refractivity contribution in [1.82, 2.24) is 0 Å².